The van der Waals surface area contributed by atoms with Crippen LogP contribution in [-0.4, -0.2) is 40.7 Å². The van der Waals surface area contributed by atoms with Crippen molar-refractivity contribution in [2.75, 3.05) is 14.2 Å². The van der Waals surface area contributed by atoms with Gasteiger partial charge < -0.3 is 14.6 Å². The van der Waals surface area contributed by atoms with E-state index in [0.717, 1.165) is 4.68 Å². The Bertz CT molecular complexity index is 1050. The van der Waals surface area contributed by atoms with Crippen LogP contribution < -0.4 is 15.0 Å². The van der Waals surface area contributed by atoms with E-state index in [0.29, 0.717) is 29.3 Å². The predicted octanol–water partition coefficient (Wildman–Crippen LogP) is 2.31. The number of nitrogens with zero attached hydrogens (tertiary/aromatic N) is 2. The summed E-state index contributed by atoms with van der Waals surface area (Å²) in [7, 11) is 2.96. The molecule has 0 atom stereocenters. The fraction of sp³-hybridized carbons (Fsp3) is 0.300. The minimum absolute atomic E-state index is 0.166. The summed E-state index contributed by atoms with van der Waals surface area (Å²) in [5, 5.41) is 14.2. The quantitative estimate of drug-likeness (QED) is 0.622. The monoisotopic (exact) mass is 384 g/mol. The van der Waals surface area contributed by atoms with Crippen molar-refractivity contribution in [3.8, 4) is 17.2 Å². The average molecular weight is 384 g/mol. The van der Waals surface area contributed by atoms with Gasteiger partial charge in [-0.1, -0.05) is 0 Å². The highest BCUT2D eigenvalue weighted by atomic mass is 16.5. The number of carbonyl (C=O) groups excluding carboxylic acids is 2. The van der Waals surface area contributed by atoms with Gasteiger partial charge in [-0.25, -0.2) is 0 Å². The van der Waals surface area contributed by atoms with Crippen LogP contribution in [0.1, 0.15) is 35.3 Å². The maximum absolute atomic E-state index is 13.0. The van der Waals surface area contributed by atoms with Crippen molar-refractivity contribution in [3.05, 3.63) is 57.2 Å². The third-order valence-electron chi connectivity index (χ3n) is 4.50. The van der Waals surface area contributed by atoms with Gasteiger partial charge in [0.2, 0.25) is 5.78 Å². The smallest absolute Gasteiger partial charge is 0.282 e. The Balaban J connectivity index is 2.15. The van der Waals surface area contributed by atoms with Crippen LogP contribution >= 0.6 is 0 Å². The first-order valence-electron chi connectivity index (χ1n) is 8.70. The van der Waals surface area contributed by atoms with Crippen molar-refractivity contribution in [2.24, 2.45) is 0 Å². The molecule has 1 aliphatic rings. The summed E-state index contributed by atoms with van der Waals surface area (Å²) >= 11 is 0. The number of methoxy groups -OCH3 is 2. The van der Waals surface area contributed by atoms with E-state index in [2.05, 4.69) is 5.10 Å². The second kappa shape index (κ2) is 7.67. The molecule has 3 rings (SSSR count). The predicted molar refractivity (Wildman–Crippen MR) is 101 cm³/mol. The molecule has 1 aromatic heterocycles. The van der Waals surface area contributed by atoms with Crippen LogP contribution in [0.25, 0.3) is 5.69 Å². The molecule has 0 amide bonds. The fourth-order valence-electron chi connectivity index (χ4n) is 3.13. The van der Waals surface area contributed by atoms with Gasteiger partial charge in [0.25, 0.3) is 5.56 Å². The van der Waals surface area contributed by atoms with E-state index in [4.69, 9.17) is 9.47 Å². The lowest BCUT2D eigenvalue weighted by Gasteiger charge is -2.15. The number of ketones is 2. The summed E-state index contributed by atoms with van der Waals surface area (Å²) < 4.78 is 11.5. The van der Waals surface area contributed by atoms with Gasteiger partial charge in [0.05, 0.1) is 31.2 Å². The Hall–Kier alpha value is -3.42. The number of hydrogen-bond acceptors (Lipinski definition) is 7. The van der Waals surface area contributed by atoms with Gasteiger partial charge in [-0.15, -0.1) is 0 Å². The molecule has 146 valence electrons. The summed E-state index contributed by atoms with van der Waals surface area (Å²) in [5.41, 5.74) is -0.456. The van der Waals surface area contributed by atoms with Gasteiger partial charge in [-0.05, 0) is 31.5 Å². The van der Waals surface area contributed by atoms with Gasteiger partial charge in [0.1, 0.15) is 11.3 Å². The summed E-state index contributed by atoms with van der Waals surface area (Å²) in [6.07, 6.45) is 0.881. The normalized spacial score (nSPS) is 14.2. The average Bonchev–Trinajstić information content (AvgIpc) is 2.68. The topological polar surface area (TPSA) is 108 Å². The zero-order chi connectivity index (χ0) is 20.4. The largest absolute Gasteiger partial charge is 0.511 e. The molecule has 1 aromatic carbocycles. The van der Waals surface area contributed by atoms with Crippen LogP contribution in [0.4, 0.5) is 0 Å². The van der Waals surface area contributed by atoms with E-state index < -0.39 is 17.1 Å². The molecule has 8 heteroatoms. The summed E-state index contributed by atoms with van der Waals surface area (Å²) in [4.78, 5) is 38.0. The third-order valence-corrected chi connectivity index (χ3v) is 4.50. The second-order valence-corrected chi connectivity index (χ2v) is 6.38. The molecule has 28 heavy (non-hydrogen) atoms. The molecule has 0 radical (unpaired) electrons. The number of Topliss-reactive ketones (excluding diaryl/α,β-unsaturated/α-hetero) is 2. The fourth-order valence-corrected chi connectivity index (χ4v) is 3.13. The molecule has 0 bridgehead atoms. The van der Waals surface area contributed by atoms with Gasteiger partial charge >= 0.3 is 0 Å². The number of aromatic nitrogens is 2. The second-order valence-electron chi connectivity index (χ2n) is 6.38. The van der Waals surface area contributed by atoms with Crippen molar-refractivity contribution >= 4 is 11.6 Å². The van der Waals surface area contributed by atoms with Crippen molar-refractivity contribution in [1.82, 2.24) is 9.78 Å². The number of aliphatic hydroxyl groups is 1. The van der Waals surface area contributed by atoms with Crippen molar-refractivity contribution in [2.45, 2.75) is 26.2 Å². The van der Waals surface area contributed by atoms with E-state index in [9.17, 15) is 19.5 Å². The minimum atomic E-state index is -0.785. The molecular weight excluding hydrogens is 364 g/mol. The van der Waals surface area contributed by atoms with Crippen molar-refractivity contribution in [3.63, 3.8) is 0 Å². The molecule has 1 aliphatic carbocycles. The Morgan fingerprint density at radius 3 is 2.46 bits per heavy atom. The molecule has 0 saturated carbocycles. The first-order valence-corrected chi connectivity index (χ1v) is 8.70. The van der Waals surface area contributed by atoms with E-state index >= 15 is 0 Å². The lowest BCUT2D eigenvalue weighted by atomic mass is 9.91. The third kappa shape index (κ3) is 3.40. The zero-order valence-electron chi connectivity index (χ0n) is 15.8. The number of benzene rings is 1. The Kier molecular flexibility index (Phi) is 5.30. The molecule has 0 unspecified atom stereocenters. The highest BCUT2D eigenvalue weighted by molar-refractivity contribution is 6.26. The number of aryl methyl sites for hydroxylation is 1. The van der Waals surface area contributed by atoms with E-state index in [1.54, 1.807) is 25.1 Å². The maximum atomic E-state index is 13.0. The van der Waals surface area contributed by atoms with E-state index in [-0.39, 0.29) is 29.7 Å². The van der Waals surface area contributed by atoms with Crippen LogP contribution in [0.3, 0.4) is 0 Å². The lowest BCUT2D eigenvalue weighted by molar-refractivity contribution is -0.116. The molecule has 0 spiro atoms. The molecule has 1 heterocycles. The van der Waals surface area contributed by atoms with Crippen molar-refractivity contribution < 1.29 is 24.2 Å². The number of aliphatic hydroxyl groups excluding tert-OH is 1. The van der Waals surface area contributed by atoms with E-state index in [1.807, 2.05) is 0 Å². The van der Waals surface area contributed by atoms with Crippen molar-refractivity contribution in [1.29, 1.82) is 0 Å². The molecule has 0 fully saturated rings. The van der Waals surface area contributed by atoms with Crippen LogP contribution in [0.15, 0.2) is 40.4 Å². The number of ether oxygens (including phenoxy) is 2. The molecule has 2 aromatic rings. The van der Waals surface area contributed by atoms with Gasteiger partial charge in [0, 0.05) is 18.9 Å². The highest BCUT2D eigenvalue weighted by Crippen LogP contribution is 2.28. The Morgan fingerprint density at radius 2 is 1.82 bits per heavy atom. The SMILES string of the molecule is COc1ccc(-n2nc(C)cc(C(=O)C3=C(O)CCCC3=O)c2=O)cc1OC. The molecular formula is C20H20N2O6. The first-order chi connectivity index (χ1) is 13.4. The number of carbonyl (C=O) groups is 2. The van der Waals surface area contributed by atoms with Crippen LogP contribution in [0.2, 0.25) is 0 Å². The van der Waals surface area contributed by atoms with Crippen LogP contribution in [0, 0.1) is 6.92 Å². The zero-order valence-corrected chi connectivity index (χ0v) is 15.8. The Labute approximate surface area is 161 Å². The summed E-state index contributed by atoms with van der Waals surface area (Å²) in [6.45, 7) is 1.63. The summed E-state index contributed by atoms with van der Waals surface area (Å²) in [5.74, 6) is -0.642. The number of hydrogen-bond donors (Lipinski definition) is 1. The number of allylic oxidation sites excluding steroid dienone is 2. The molecule has 0 saturated heterocycles. The maximum Gasteiger partial charge on any atom is 0.282 e. The molecule has 1 N–H and O–H groups in total. The minimum Gasteiger partial charge on any atom is -0.511 e. The van der Waals surface area contributed by atoms with Gasteiger partial charge in [-0.3, -0.25) is 14.4 Å². The summed E-state index contributed by atoms with van der Waals surface area (Å²) in [6, 6.07) is 6.10. The van der Waals surface area contributed by atoms with Gasteiger partial charge in [-0.2, -0.15) is 9.78 Å². The van der Waals surface area contributed by atoms with Crippen LogP contribution in [0.5, 0.6) is 11.5 Å². The highest BCUT2D eigenvalue weighted by Gasteiger charge is 2.29. The Morgan fingerprint density at radius 1 is 1.11 bits per heavy atom. The lowest BCUT2D eigenvalue weighted by Crippen LogP contribution is -2.31. The molecule has 8 nitrogen and oxygen atoms in total. The first kappa shape index (κ1) is 19.3. The number of rotatable bonds is 5. The standard InChI is InChI=1S/C20H20N2O6/c1-11-9-13(19(25)18-14(23)5-4-6-15(18)24)20(26)22(21-11)12-7-8-16(27-2)17(10-12)28-3/h7-10,23H,4-6H2,1-3H3. The van der Waals surface area contributed by atoms with E-state index in [1.165, 1.54) is 20.3 Å². The van der Waals surface area contributed by atoms with Gasteiger partial charge in [0.15, 0.2) is 17.3 Å². The van der Waals surface area contributed by atoms with Crippen LogP contribution in [-0.2, 0) is 4.79 Å². The molecule has 0 aliphatic heterocycles.